The van der Waals surface area contributed by atoms with Crippen molar-refractivity contribution in [1.82, 2.24) is 0 Å². The molecule has 0 aliphatic carbocycles. The maximum atomic E-state index is 3.54. The Balaban J connectivity index is 2.13. The third-order valence-corrected chi connectivity index (χ3v) is 3.75. The van der Waals surface area contributed by atoms with Gasteiger partial charge in [-0.25, -0.2) is 0 Å². The molecule has 0 saturated carbocycles. The molecule has 0 unspecified atom stereocenters. The van der Waals surface area contributed by atoms with E-state index in [1.54, 1.807) is 0 Å². The van der Waals surface area contributed by atoms with Gasteiger partial charge >= 0.3 is 0 Å². The minimum atomic E-state index is 0.857. The average Bonchev–Trinajstić information content (AvgIpc) is 2.33. The first-order chi connectivity index (χ1) is 8.18. The quantitative estimate of drug-likeness (QED) is 0.865. The van der Waals surface area contributed by atoms with Gasteiger partial charge in [0.2, 0.25) is 0 Å². The zero-order chi connectivity index (χ0) is 12.3. The normalized spacial score (nSPS) is 10.3. The predicted molar refractivity (Wildman–Crippen MR) is 77.4 cm³/mol. The molecule has 0 fully saturated rings. The van der Waals surface area contributed by atoms with Crippen LogP contribution < -0.4 is 5.32 Å². The molecule has 0 aliphatic rings. The molecular weight excluding hydrogens is 274 g/mol. The lowest BCUT2D eigenvalue weighted by molar-refractivity contribution is 1.10. The summed E-state index contributed by atoms with van der Waals surface area (Å²) < 4.78 is 1.10. The summed E-state index contributed by atoms with van der Waals surface area (Å²) in [5.74, 6) is 0. The first-order valence-corrected chi connectivity index (χ1v) is 6.51. The summed E-state index contributed by atoms with van der Waals surface area (Å²) in [6.45, 7) is 5.18. The first kappa shape index (κ1) is 12.2. The van der Waals surface area contributed by atoms with Crippen molar-refractivity contribution in [1.29, 1.82) is 0 Å². The number of anilines is 1. The van der Waals surface area contributed by atoms with Crippen LogP contribution in [0.4, 0.5) is 5.69 Å². The maximum absolute atomic E-state index is 3.54. The van der Waals surface area contributed by atoms with Crippen LogP contribution in [0.1, 0.15) is 16.7 Å². The van der Waals surface area contributed by atoms with Crippen molar-refractivity contribution < 1.29 is 0 Å². The number of para-hydroxylation sites is 1. The van der Waals surface area contributed by atoms with Crippen molar-refractivity contribution in [3.05, 3.63) is 63.6 Å². The molecule has 0 amide bonds. The Hall–Kier alpha value is -1.28. The van der Waals surface area contributed by atoms with Gasteiger partial charge in [0.25, 0.3) is 0 Å². The van der Waals surface area contributed by atoms with Crippen LogP contribution in [0, 0.1) is 13.8 Å². The molecule has 2 aromatic carbocycles. The highest BCUT2D eigenvalue weighted by Crippen LogP contribution is 2.22. The number of hydrogen-bond donors (Lipinski definition) is 1. The van der Waals surface area contributed by atoms with Gasteiger partial charge in [-0.1, -0.05) is 30.3 Å². The SMILES string of the molecule is Cc1cccc(CNc2ccccc2Br)c1C. The van der Waals surface area contributed by atoms with Gasteiger partial charge in [-0.15, -0.1) is 0 Å². The summed E-state index contributed by atoms with van der Waals surface area (Å²) in [5, 5.41) is 3.45. The zero-order valence-corrected chi connectivity index (χ0v) is 11.7. The molecule has 2 aromatic rings. The van der Waals surface area contributed by atoms with E-state index in [-0.39, 0.29) is 0 Å². The number of nitrogens with one attached hydrogen (secondary N) is 1. The zero-order valence-electron chi connectivity index (χ0n) is 10.1. The van der Waals surface area contributed by atoms with Crippen LogP contribution in [0.5, 0.6) is 0 Å². The van der Waals surface area contributed by atoms with Crippen LogP contribution in [-0.2, 0) is 6.54 Å². The van der Waals surface area contributed by atoms with Crippen molar-refractivity contribution >= 4 is 21.6 Å². The van der Waals surface area contributed by atoms with Gasteiger partial charge in [0.05, 0.1) is 0 Å². The maximum Gasteiger partial charge on any atom is 0.0487 e. The van der Waals surface area contributed by atoms with Crippen molar-refractivity contribution in [2.75, 3.05) is 5.32 Å². The number of benzene rings is 2. The van der Waals surface area contributed by atoms with E-state index in [2.05, 4.69) is 59.4 Å². The van der Waals surface area contributed by atoms with Crippen LogP contribution in [0.15, 0.2) is 46.9 Å². The molecule has 0 aliphatic heterocycles. The molecule has 0 heterocycles. The van der Waals surface area contributed by atoms with Gasteiger partial charge in [-0.3, -0.25) is 0 Å². The van der Waals surface area contributed by atoms with Gasteiger partial charge in [-0.05, 0) is 58.6 Å². The fourth-order valence-corrected chi connectivity index (χ4v) is 2.22. The Morgan fingerprint density at radius 1 is 1.00 bits per heavy atom. The Morgan fingerprint density at radius 3 is 2.53 bits per heavy atom. The second-order valence-corrected chi connectivity index (χ2v) is 5.05. The monoisotopic (exact) mass is 289 g/mol. The molecule has 0 spiro atoms. The highest BCUT2D eigenvalue weighted by molar-refractivity contribution is 9.10. The van der Waals surface area contributed by atoms with E-state index in [1.807, 2.05) is 18.2 Å². The van der Waals surface area contributed by atoms with E-state index in [1.165, 1.54) is 16.7 Å². The molecular formula is C15H16BrN. The molecule has 0 bridgehead atoms. The molecule has 2 heteroatoms. The molecule has 0 saturated heterocycles. The Bertz CT molecular complexity index is 520. The van der Waals surface area contributed by atoms with Crippen molar-refractivity contribution in [3.63, 3.8) is 0 Å². The third kappa shape index (κ3) is 2.89. The summed E-state index contributed by atoms with van der Waals surface area (Å²) in [7, 11) is 0. The van der Waals surface area contributed by atoms with Crippen molar-refractivity contribution in [3.8, 4) is 0 Å². The highest BCUT2D eigenvalue weighted by Gasteiger charge is 2.02. The number of rotatable bonds is 3. The smallest absolute Gasteiger partial charge is 0.0487 e. The third-order valence-electron chi connectivity index (χ3n) is 3.06. The summed E-state index contributed by atoms with van der Waals surface area (Å²) >= 11 is 3.54. The number of halogens is 1. The van der Waals surface area contributed by atoms with Gasteiger partial charge in [0.1, 0.15) is 0 Å². The predicted octanol–water partition coefficient (Wildman–Crippen LogP) is 4.68. The van der Waals surface area contributed by atoms with E-state index < -0.39 is 0 Å². The standard InChI is InChI=1S/C15H16BrN/c1-11-6-5-7-13(12(11)2)10-17-15-9-4-3-8-14(15)16/h3-9,17H,10H2,1-2H3. The molecule has 0 aromatic heterocycles. The molecule has 1 N–H and O–H groups in total. The van der Waals surface area contributed by atoms with Crippen LogP contribution in [0.25, 0.3) is 0 Å². The lowest BCUT2D eigenvalue weighted by Gasteiger charge is -2.11. The van der Waals surface area contributed by atoms with Gasteiger partial charge in [0.15, 0.2) is 0 Å². The van der Waals surface area contributed by atoms with Crippen LogP contribution >= 0.6 is 15.9 Å². The Kier molecular flexibility index (Phi) is 3.85. The fraction of sp³-hybridized carbons (Fsp3) is 0.200. The largest absolute Gasteiger partial charge is 0.380 e. The Morgan fingerprint density at radius 2 is 1.76 bits per heavy atom. The minimum absolute atomic E-state index is 0.857. The lowest BCUT2D eigenvalue weighted by atomic mass is 10.0. The summed E-state index contributed by atoms with van der Waals surface area (Å²) in [6.07, 6.45) is 0. The van der Waals surface area contributed by atoms with E-state index in [4.69, 9.17) is 0 Å². The first-order valence-electron chi connectivity index (χ1n) is 5.72. The summed E-state index contributed by atoms with van der Waals surface area (Å²) in [6, 6.07) is 14.6. The topological polar surface area (TPSA) is 12.0 Å². The highest BCUT2D eigenvalue weighted by atomic mass is 79.9. The molecule has 88 valence electrons. The van der Waals surface area contributed by atoms with Gasteiger partial charge in [-0.2, -0.15) is 0 Å². The summed E-state index contributed by atoms with van der Waals surface area (Å²) in [5.41, 5.74) is 5.19. The van der Waals surface area contributed by atoms with E-state index in [9.17, 15) is 0 Å². The van der Waals surface area contributed by atoms with Gasteiger partial charge in [0, 0.05) is 16.7 Å². The molecule has 1 nitrogen and oxygen atoms in total. The van der Waals surface area contributed by atoms with Crippen molar-refractivity contribution in [2.24, 2.45) is 0 Å². The molecule has 0 radical (unpaired) electrons. The molecule has 17 heavy (non-hydrogen) atoms. The van der Waals surface area contributed by atoms with Crippen LogP contribution in [-0.4, -0.2) is 0 Å². The minimum Gasteiger partial charge on any atom is -0.380 e. The Labute approximate surface area is 111 Å². The second-order valence-electron chi connectivity index (χ2n) is 4.19. The van der Waals surface area contributed by atoms with Crippen LogP contribution in [0.2, 0.25) is 0 Å². The van der Waals surface area contributed by atoms with Gasteiger partial charge < -0.3 is 5.32 Å². The van der Waals surface area contributed by atoms with Crippen molar-refractivity contribution in [2.45, 2.75) is 20.4 Å². The molecule has 2 rings (SSSR count). The summed E-state index contributed by atoms with van der Waals surface area (Å²) in [4.78, 5) is 0. The molecule has 0 atom stereocenters. The fourth-order valence-electron chi connectivity index (χ4n) is 1.80. The van der Waals surface area contributed by atoms with E-state index in [0.29, 0.717) is 0 Å². The van der Waals surface area contributed by atoms with E-state index in [0.717, 1.165) is 16.7 Å². The van der Waals surface area contributed by atoms with E-state index >= 15 is 0 Å². The number of hydrogen-bond acceptors (Lipinski definition) is 1. The lowest BCUT2D eigenvalue weighted by Crippen LogP contribution is -2.02. The second kappa shape index (κ2) is 5.37. The van der Waals surface area contributed by atoms with Crippen LogP contribution in [0.3, 0.4) is 0 Å². The number of aryl methyl sites for hydroxylation is 1. The average molecular weight is 290 g/mol.